The van der Waals surface area contributed by atoms with E-state index in [1.54, 1.807) is 0 Å². The van der Waals surface area contributed by atoms with Gasteiger partial charge in [-0.05, 0) is 26.2 Å². The third-order valence-corrected chi connectivity index (χ3v) is 2.52. The molecule has 0 aliphatic carbocycles. The van der Waals surface area contributed by atoms with Gasteiger partial charge in [-0.1, -0.05) is 27.2 Å². The zero-order valence-corrected chi connectivity index (χ0v) is 13.1. The zero-order valence-electron chi connectivity index (χ0n) is 13.1. The zero-order chi connectivity index (χ0) is 14.7. The number of hydrogen-bond acceptors (Lipinski definition) is 4. The Morgan fingerprint density at radius 3 is 2.32 bits per heavy atom. The van der Waals surface area contributed by atoms with Gasteiger partial charge in [-0.25, -0.2) is 0 Å². The molecule has 4 heteroatoms. The lowest BCUT2D eigenvalue weighted by Crippen LogP contribution is -2.25. The van der Waals surface area contributed by atoms with Gasteiger partial charge in [-0.15, -0.1) is 0 Å². The summed E-state index contributed by atoms with van der Waals surface area (Å²) in [6, 6.07) is 0. The lowest BCUT2D eigenvalue weighted by atomic mass is 10.1. The minimum atomic E-state index is -0.204. The monoisotopic (exact) mass is 274 g/mol. The van der Waals surface area contributed by atoms with Crippen molar-refractivity contribution in [2.24, 2.45) is 5.92 Å². The Kier molecular flexibility index (Phi) is 10.9. The van der Waals surface area contributed by atoms with Crippen LogP contribution in [0.5, 0.6) is 0 Å². The fourth-order valence-electron chi connectivity index (χ4n) is 1.48. The molecule has 4 nitrogen and oxygen atoms in total. The standard InChI is InChI=1S/C15H30O4/c1-6-7-8-17-10-13(4)18-11-14(5)19-15(16)9-12(2)3/h12-14H,6-11H2,1-5H3. The molecule has 114 valence electrons. The van der Waals surface area contributed by atoms with Crippen molar-refractivity contribution in [3.05, 3.63) is 0 Å². The average Bonchev–Trinajstić information content (AvgIpc) is 2.31. The third kappa shape index (κ3) is 12.2. The van der Waals surface area contributed by atoms with Gasteiger partial charge in [0.05, 0.1) is 19.3 Å². The number of hydrogen-bond donors (Lipinski definition) is 0. The number of unbranched alkanes of at least 4 members (excludes halogenated alkanes) is 1. The number of esters is 1. The van der Waals surface area contributed by atoms with E-state index >= 15 is 0 Å². The molecule has 0 aliphatic heterocycles. The highest BCUT2D eigenvalue weighted by Gasteiger charge is 2.12. The summed E-state index contributed by atoms with van der Waals surface area (Å²) >= 11 is 0. The summed E-state index contributed by atoms with van der Waals surface area (Å²) < 4.78 is 16.3. The molecule has 0 N–H and O–H groups in total. The Morgan fingerprint density at radius 2 is 1.74 bits per heavy atom. The summed E-state index contributed by atoms with van der Waals surface area (Å²) in [7, 11) is 0. The van der Waals surface area contributed by atoms with Crippen LogP contribution in [-0.4, -0.2) is 38.0 Å². The first-order valence-corrected chi connectivity index (χ1v) is 7.34. The van der Waals surface area contributed by atoms with Gasteiger partial charge < -0.3 is 14.2 Å². The Labute approximate surface area is 117 Å². The molecule has 0 rings (SSSR count). The lowest BCUT2D eigenvalue weighted by Gasteiger charge is -2.18. The van der Waals surface area contributed by atoms with Crippen molar-refractivity contribution >= 4 is 5.97 Å². The van der Waals surface area contributed by atoms with Crippen LogP contribution in [0, 0.1) is 5.92 Å². The Balaban J connectivity index is 3.60. The van der Waals surface area contributed by atoms with Gasteiger partial charge in [0.1, 0.15) is 6.10 Å². The quantitative estimate of drug-likeness (QED) is 0.429. The van der Waals surface area contributed by atoms with Crippen molar-refractivity contribution in [2.45, 2.75) is 66.1 Å². The molecule has 0 bridgehead atoms. The summed E-state index contributed by atoms with van der Waals surface area (Å²) in [6.07, 6.45) is 2.50. The molecule has 19 heavy (non-hydrogen) atoms. The number of carbonyl (C=O) groups excluding carboxylic acids is 1. The van der Waals surface area contributed by atoms with Crippen molar-refractivity contribution in [2.75, 3.05) is 19.8 Å². The van der Waals surface area contributed by atoms with Gasteiger partial charge in [-0.3, -0.25) is 4.79 Å². The van der Waals surface area contributed by atoms with Crippen LogP contribution in [0.15, 0.2) is 0 Å². The maximum absolute atomic E-state index is 11.5. The van der Waals surface area contributed by atoms with E-state index in [-0.39, 0.29) is 18.2 Å². The summed E-state index contributed by atoms with van der Waals surface area (Å²) in [5, 5.41) is 0. The van der Waals surface area contributed by atoms with Gasteiger partial charge in [0.15, 0.2) is 0 Å². The van der Waals surface area contributed by atoms with E-state index in [0.29, 0.717) is 25.6 Å². The minimum absolute atomic E-state index is 0.0307. The molecule has 0 saturated carbocycles. The summed E-state index contributed by atoms with van der Waals surface area (Å²) in [6.45, 7) is 11.7. The summed E-state index contributed by atoms with van der Waals surface area (Å²) in [5.41, 5.74) is 0. The van der Waals surface area contributed by atoms with Crippen molar-refractivity contribution in [3.63, 3.8) is 0 Å². The van der Waals surface area contributed by atoms with Crippen LogP contribution in [0.2, 0.25) is 0 Å². The van der Waals surface area contributed by atoms with Crippen molar-refractivity contribution in [3.8, 4) is 0 Å². The van der Waals surface area contributed by atoms with E-state index in [0.717, 1.165) is 19.4 Å². The molecule has 0 fully saturated rings. The molecule has 0 aromatic carbocycles. The van der Waals surface area contributed by atoms with Crippen molar-refractivity contribution < 1.29 is 19.0 Å². The van der Waals surface area contributed by atoms with Crippen molar-refractivity contribution in [1.82, 2.24) is 0 Å². The average molecular weight is 274 g/mol. The van der Waals surface area contributed by atoms with Crippen LogP contribution < -0.4 is 0 Å². The van der Waals surface area contributed by atoms with E-state index in [4.69, 9.17) is 14.2 Å². The molecule has 0 aromatic rings. The largest absolute Gasteiger partial charge is 0.460 e. The predicted octanol–water partition coefficient (Wildman–Crippen LogP) is 3.19. The Morgan fingerprint density at radius 1 is 1.05 bits per heavy atom. The molecule has 0 aliphatic rings. The molecule has 0 amide bonds. The third-order valence-electron chi connectivity index (χ3n) is 2.52. The first kappa shape index (κ1) is 18.4. The topological polar surface area (TPSA) is 44.8 Å². The van der Waals surface area contributed by atoms with Gasteiger partial charge >= 0.3 is 5.97 Å². The molecular weight excluding hydrogens is 244 g/mol. The van der Waals surface area contributed by atoms with Gasteiger partial charge in [-0.2, -0.15) is 0 Å². The Hall–Kier alpha value is -0.610. The number of ether oxygens (including phenoxy) is 3. The van der Waals surface area contributed by atoms with Crippen LogP contribution in [0.1, 0.15) is 53.9 Å². The smallest absolute Gasteiger partial charge is 0.306 e. The van der Waals surface area contributed by atoms with Crippen LogP contribution in [0.3, 0.4) is 0 Å². The predicted molar refractivity (Wildman–Crippen MR) is 76.2 cm³/mol. The SMILES string of the molecule is CCCCOCC(C)OCC(C)OC(=O)CC(C)C. The maximum Gasteiger partial charge on any atom is 0.306 e. The van der Waals surface area contributed by atoms with Crippen molar-refractivity contribution in [1.29, 1.82) is 0 Å². The second-order valence-electron chi connectivity index (χ2n) is 5.47. The van der Waals surface area contributed by atoms with E-state index < -0.39 is 0 Å². The molecule has 0 saturated heterocycles. The second-order valence-corrected chi connectivity index (χ2v) is 5.47. The highest BCUT2D eigenvalue weighted by Crippen LogP contribution is 2.05. The fourth-order valence-corrected chi connectivity index (χ4v) is 1.48. The number of carbonyl (C=O) groups is 1. The molecule has 2 atom stereocenters. The molecule has 0 radical (unpaired) electrons. The minimum Gasteiger partial charge on any atom is -0.460 e. The highest BCUT2D eigenvalue weighted by molar-refractivity contribution is 5.69. The van der Waals surface area contributed by atoms with Gasteiger partial charge in [0.2, 0.25) is 0 Å². The van der Waals surface area contributed by atoms with E-state index in [2.05, 4.69) is 6.92 Å². The van der Waals surface area contributed by atoms with Crippen LogP contribution in [0.4, 0.5) is 0 Å². The second kappa shape index (κ2) is 11.2. The maximum atomic E-state index is 11.5. The van der Waals surface area contributed by atoms with Crippen LogP contribution >= 0.6 is 0 Å². The van der Waals surface area contributed by atoms with Crippen LogP contribution in [0.25, 0.3) is 0 Å². The highest BCUT2D eigenvalue weighted by atomic mass is 16.6. The van der Waals surface area contributed by atoms with Gasteiger partial charge in [0.25, 0.3) is 0 Å². The first-order valence-electron chi connectivity index (χ1n) is 7.34. The van der Waals surface area contributed by atoms with Crippen LogP contribution in [-0.2, 0) is 19.0 Å². The summed E-state index contributed by atoms with van der Waals surface area (Å²) in [4.78, 5) is 11.5. The van der Waals surface area contributed by atoms with E-state index in [9.17, 15) is 4.79 Å². The molecule has 0 aromatic heterocycles. The summed E-state index contributed by atoms with van der Waals surface area (Å²) in [5.74, 6) is 0.171. The first-order chi connectivity index (χ1) is 8.95. The molecule has 0 spiro atoms. The lowest BCUT2D eigenvalue weighted by molar-refractivity contribution is -0.153. The molecular formula is C15H30O4. The van der Waals surface area contributed by atoms with Gasteiger partial charge in [0, 0.05) is 13.0 Å². The molecule has 2 unspecified atom stereocenters. The molecule has 0 heterocycles. The Bertz CT molecular complexity index is 228. The fraction of sp³-hybridized carbons (Fsp3) is 0.933. The van der Waals surface area contributed by atoms with E-state index in [1.807, 2.05) is 27.7 Å². The van der Waals surface area contributed by atoms with E-state index in [1.165, 1.54) is 0 Å². The number of rotatable bonds is 11. The normalized spacial score (nSPS) is 14.4.